The van der Waals surface area contributed by atoms with Crippen LogP contribution in [0.2, 0.25) is 0 Å². The van der Waals surface area contributed by atoms with Gasteiger partial charge in [-0.2, -0.15) is 0 Å². The molecule has 0 bridgehead atoms. The second-order valence-corrected chi connectivity index (χ2v) is 7.03. The maximum atomic E-state index is 12.2. The van der Waals surface area contributed by atoms with Gasteiger partial charge in [0.25, 0.3) is 5.91 Å². The third-order valence-electron chi connectivity index (χ3n) is 4.31. The number of aryl methyl sites for hydroxylation is 2. The Hall–Kier alpha value is -2.02. The Morgan fingerprint density at radius 3 is 3.13 bits per heavy atom. The Morgan fingerprint density at radius 2 is 2.26 bits per heavy atom. The Bertz CT molecular complexity index is 881. The smallest absolute Gasteiger partial charge is 0.290 e. The molecule has 1 amide bonds. The lowest BCUT2D eigenvalue weighted by molar-refractivity contribution is 0.0943. The molecular weight excluding hydrogens is 310 g/mol. The van der Waals surface area contributed by atoms with Crippen LogP contribution in [0.5, 0.6) is 0 Å². The van der Waals surface area contributed by atoms with E-state index in [4.69, 9.17) is 0 Å². The van der Waals surface area contributed by atoms with Gasteiger partial charge in [0.2, 0.25) is 5.82 Å². The molecule has 0 aliphatic heterocycles. The monoisotopic (exact) mass is 329 g/mol. The second-order valence-electron chi connectivity index (χ2n) is 5.95. The minimum absolute atomic E-state index is 0.209. The Labute approximate surface area is 137 Å². The molecule has 0 aromatic carbocycles. The minimum Gasteiger partial charge on any atom is -0.349 e. The molecule has 1 aliphatic rings. The fourth-order valence-corrected chi connectivity index (χ4v) is 4.33. The lowest BCUT2D eigenvalue weighted by Gasteiger charge is -2.09. The van der Waals surface area contributed by atoms with Crippen LogP contribution in [-0.4, -0.2) is 32.0 Å². The second kappa shape index (κ2) is 5.88. The number of amides is 1. The normalized spacial score (nSPS) is 14.3. The van der Waals surface area contributed by atoms with Crippen LogP contribution in [0, 0.1) is 0 Å². The first-order chi connectivity index (χ1) is 11.3. The molecule has 1 N–H and O–H groups in total. The molecule has 0 spiro atoms. The van der Waals surface area contributed by atoms with Gasteiger partial charge in [-0.25, -0.2) is 14.5 Å². The third kappa shape index (κ3) is 2.49. The van der Waals surface area contributed by atoms with Crippen molar-refractivity contribution in [1.82, 2.24) is 24.9 Å². The average Bonchev–Trinajstić information content (AvgIpc) is 3.15. The number of aromatic nitrogens is 4. The lowest BCUT2D eigenvalue weighted by atomic mass is 9.97. The summed E-state index contributed by atoms with van der Waals surface area (Å²) < 4.78 is 1.64. The van der Waals surface area contributed by atoms with Gasteiger partial charge < -0.3 is 5.32 Å². The predicted octanol–water partition coefficient (Wildman–Crippen LogP) is 2.75. The summed E-state index contributed by atoms with van der Waals surface area (Å²) in [4.78, 5) is 23.6. The number of unbranched alkanes of at least 4 members (excludes halogenated alkanes) is 1. The van der Waals surface area contributed by atoms with Gasteiger partial charge in [-0.3, -0.25) is 4.79 Å². The standard InChI is InChI=1S/C16H19N5OS/c1-2-3-8-17-15(22)13-19-14-12-10-6-4-5-7-11(10)23-16(12)18-9-21(14)20-13/h9H,2-8H2,1H3,(H,17,22). The molecular formula is C16H19N5OS. The lowest BCUT2D eigenvalue weighted by Crippen LogP contribution is -2.25. The molecule has 0 saturated heterocycles. The van der Waals surface area contributed by atoms with E-state index < -0.39 is 0 Å². The van der Waals surface area contributed by atoms with E-state index in [1.54, 1.807) is 22.2 Å². The van der Waals surface area contributed by atoms with E-state index in [0.717, 1.165) is 41.5 Å². The topological polar surface area (TPSA) is 72.2 Å². The number of rotatable bonds is 4. The van der Waals surface area contributed by atoms with Gasteiger partial charge in [-0.15, -0.1) is 16.4 Å². The summed E-state index contributed by atoms with van der Waals surface area (Å²) in [5.41, 5.74) is 2.12. The number of nitrogens with zero attached hydrogens (tertiary/aromatic N) is 4. The number of thiophene rings is 1. The molecule has 0 atom stereocenters. The highest BCUT2D eigenvalue weighted by molar-refractivity contribution is 7.19. The summed E-state index contributed by atoms with van der Waals surface area (Å²) in [6.45, 7) is 2.75. The molecule has 0 unspecified atom stereocenters. The molecule has 6 nitrogen and oxygen atoms in total. The summed E-state index contributed by atoms with van der Waals surface area (Å²) in [5.74, 6) is 0.0190. The van der Waals surface area contributed by atoms with Crippen LogP contribution >= 0.6 is 11.3 Å². The van der Waals surface area contributed by atoms with Gasteiger partial charge in [-0.05, 0) is 37.7 Å². The van der Waals surface area contributed by atoms with Crippen molar-refractivity contribution in [2.75, 3.05) is 6.54 Å². The average molecular weight is 329 g/mol. The SMILES string of the molecule is CCCCNC(=O)c1nc2c3c4c(sc3ncn2n1)CCCC4. The molecule has 4 rings (SSSR count). The van der Waals surface area contributed by atoms with Crippen LogP contribution in [0.3, 0.4) is 0 Å². The molecule has 7 heteroatoms. The number of fused-ring (bicyclic) bond motifs is 5. The maximum Gasteiger partial charge on any atom is 0.290 e. The summed E-state index contributed by atoms with van der Waals surface area (Å²) in [5, 5.41) is 8.27. The van der Waals surface area contributed by atoms with Crippen LogP contribution in [0.25, 0.3) is 15.9 Å². The zero-order valence-electron chi connectivity index (χ0n) is 13.1. The zero-order chi connectivity index (χ0) is 15.8. The largest absolute Gasteiger partial charge is 0.349 e. The maximum absolute atomic E-state index is 12.2. The van der Waals surface area contributed by atoms with Crippen LogP contribution in [0.1, 0.15) is 53.7 Å². The van der Waals surface area contributed by atoms with Crippen molar-refractivity contribution in [1.29, 1.82) is 0 Å². The van der Waals surface area contributed by atoms with Crippen molar-refractivity contribution in [3.63, 3.8) is 0 Å². The molecule has 1 aliphatic carbocycles. The van der Waals surface area contributed by atoms with Crippen LogP contribution in [0.4, 0.5) is 0 Å². The number of nitrogens with one attached hydrogen (secondary N) is 1. The summed E-state index contributed by atoms with van der Waals surface area (Å²) in [6.07, 6.45) is 8.32. The van der Waals surface area contributed by atoms with E-state index in [9.17, 15) is 4.79 Å². The summed E-state index contributed by atoms with van der Waals surface area (Å²) in [6, 6.07) is 0. The van der Waals surface area contributed by atoms with Crippen molar-refractivity contribution in [2.45, 2.75) is 45.4 Å². The van der Waals surface area contributed by atoms with Crippen molar-refractivity contribution >= 4 is 33.1 Å². The van der Waals surface area contributed by atoms with E-state index in [1.165, 1.54) is 23.3 Å². The van der Waals surface area contributed by atoms with Crippen molar-refractivity contribution in [2.24, 2.45) is 0 Å². The van der Waals surface area contributed by atoms with Crippen LogP contribution in [-0.2, 0) is 12.8 Å². The van der Waals surface area contributed by atoms with Gasteiger partial charge >= 0.3 is 0 Å². The van der Waals surface area contributed by atoms with Crippen molar-refractivity contribution in [3.05, 3.63) is 22.6 Å². The molecule has 0 radical (unpaired) electrons. The van der Waals surface area contributed by atoms with Crippen LogP contribution in [0.15, 0.2) is 6.33 Å². The van der Waals surface area contributed by atoms with Crippen molar-refractivity contribution < 1.29 is 4.79 Å². The number of carbonyl (C=O) groups excluding carboxylic acids is 1. The highest BCUT2D eigenvalue weighted by Crippen LogP contribution is 2.36. The fraction of sp³-hybridized carbons (Fsp3) is 0.500. The highest BCUT2D eigenvalue weighted by Gasteiger charge is 2.21. The third-order valence-corrected chi connectivity index (χ3v) is 5.51. The van der Waals surface area contributed by atoms with E-state index in [2.05, 4.69) is 27.3 Å². The number of carbonyl (C=O) groups is 1. The molecule has 0 saturated carbocycles. The molecule has 3 aromatic heterocycles. The van der Waals surface area contributed by atoms with Gasteiger partial charge in [0.1, 0.15) is 11.2 Å². The summed E-state index contributed by atoms with van der Waals surface area (Å²) >= 11 is 1.76. The fourth-order valence-electron chi connectivity index (χ4n) is 3.11. The Kier molecular flexibility index (Phi) is 3.72. The highest BCUT2D eigenvalue weighted by atomic mass is 32.1. The zero-order valence-corrected chi connectivity index (χ0v) is 13.9. The summed E-state index contributed by atoms with van der Waals surface area (Å²) in [7, 11) is 0. The van der Waals surface area contributed by atoms with E-state index in [-0.39, 0.29) is 11.7 Å². The van der Waals surface area contributed by atoms with E-state index in [1.807, 2.05) is 0 Å². The number of hydrogen-bond acceptors (Lipinski definition) is 5. The van der Waals surface area contributed by atoms with E-state index >= 15 is 0 Å². The predicted molar refractivity (Wildman–Crippen MR) is 90.0 cm³/mol. The van der Waals surface area contributed by atoms with Crippen LogP contribution < -0.4 is 5.32 Å². The van der Waals surface area contributed by atoms with Gasteiger partial charge in [0, 0.05) is 11.4 Å². The Balaban J connectivity index is 1.77. The Morgan fingerprint density at radius 1 is 1.39 bits per heavy atom. The molecule has 120 valence electrons. The molecule has 3 aromatic rings. The number of hydrogen-bond donors (Lipinski definition) is 1. The first-order valence-corrected chi connectivity index (χ1v) is 9.03. The molecule has 0 fully saturated rings. The van der Waals surface area contributed by atoms with Gasteiger partial charge in [0.05, 0.1) is 5.39 Å². The van der Waals surface area contributed by atoms with E-state index in [0.29, 0.717) is 6.54 Å². The van der Waals surface area contributed by atoms with Gasteiger partial charge in [0.15, 0.2) is 5.65 Å². The molecule has 3 heterocycles. The quantitative estimate of drug-likeness (QED) is 0.747. The first kappa shape index (κ1) is 14.6. The first-order valence-electron chi connectivity index (χ1n) is 8.21. The molecule has 23 heavy (non-hydrogen) atoms. The minimum atomic E-state index is -0.209. The van der Waals surface area contributed by atoms with Gasteiger partial charge in [-0.1, -0.05) is 13.3 Å². The van der Waals surface area contributed by atoms with Crippen molar-refractivity contribution in [3.8, 4) is 0 Å².